The second kappa shape index (κ2) is 20.1. The molecule has 0 bridgehead atoms. The van der Waals surface area contributed by atoms with Gasteiger partial charge in [-0.25, -0.2) is 0 Å². The summed E-state index contributed by atoms with van der Waals surface area (Å²) in [6, 6.07) is 0. The Bertz CT molecular complexity index is 310. The zero-order valence-corrected chi connectivity index (χ0v) is 17.5. The van der Waals surface area contributed by atoms with Gasteiger partial charge in [0.05, 0.1) is 12.5 Å². The van der Waals surface area contributed by atoms with Gasteiger partial charge in [-0.05, 0) is 38.0 Å². The molecule has 162 valence electrons. The summed E-state index contributed by atoms with van der Waals surface area (Å²) in [4.78, 5) is 10.8. The van der Waals surface area contributed by atoms with Crippen molar-refractivity contribution in [2.45, 2.75) is 96.8 Å². The molecule has 1 aliphatic heterocycles. The van der Waals surface area contributed by atoms with Gasteiger partial charge in [0, 0.05) is 19.8 Å². The van der Waals surface area contributed by atoms with Crippen LogP contribution in [0.1, 0.15) is 96.8 Å². The summed E-state index contributed by atoms with van der Waals surface area (Å²) in [6.07, 6.45) is 16.2. The van der Waals surface area contributed by atoms with Crippen molar-refractivity contribution in [3.8, 4) is 0 Å². The third-order valence-corrected chi connectivity index (χ3v) is 5.29. The van der Waals surface area contributed by atoms with Gasteiger partial charge in [-0.1, -0.05) is 64.7 Å². The highest BCUT2D eigenvalue weighted by Gasteiger charge is 2.18. The van der Waals surface area contributed by atoms with Crippen LogP contribution in [0.4, 0.5) is 0 Å². The second-order valence-corrected chi connectivity index (χ2v) is 7.78. The van der Waals surface area contributed by atoms with Gasteiger partial charge in [-0.3, -0.25) is 4.79 Å². The lowest BCUT2D eigenvalue weighted by Crippen LogP contribution is -2.19. The van der Waals surface area contributed by atoms with Crippen molar-refractivity contribution in [3.63, 3.8) is 0 Å². The number of aliphatic carboxylic acids is 1. The molecule has 2 atom stereocenters. The summed E-state index contributed by atoms with van der Waals surface area (Å²) in [5.74, 6) is -1.45. The molecule has 0 spiro atoms. The van der Waals surface area contributed by atoms with Crippen molar-refractivity contribution in [2.24, 2.45) is 11.8 Å². The third-order valence-electron chi connectivity index (χ3n) is 5.29. The summed E-state index contributed by atoms with van der Waals surface area (Å²) < 4.78 is 4.94. The Balaban J connectivity index is 0.00000115. The highest BCUT2D eigenvalue weighted by molar-refractivity contribution is 5.69. The van der Waals surface area contributed by atoms with Gasteiger partial charge in [0.2, 0.25) is 0 Å². The average molecular weight is 389 g/mol. The minimum Gasteiger partial charge on any atom is -0.481 e. The first-order valence-corrected chi connectivity index (χ1v) is 11.2. The van der Waals surface area contributed by atoms with E-state index in [4.69, 9.17) is 14.9 Å². The van der Waals surface area contributed by atoms with Crippen LogP contribution >= 0.6 is 0 Å². The van der Waals surface area contributed by atoms with Crippen LogP contribution in [0.15, 0.2) is 0 Å². The first-order valence-electron chi connectivity index (χ1n) is 11.2. The van der Waals surface area contributed by atoms with Gasteiger partial charge >= 0.3 is 5.97 Å². The Morgan fingerprint density at radius 3 is 1.78 bits per heavy atom. The molecule has 27 heavy (non-hydrogen) atoms. The van der Waals surface area contributed by atoms with Crippen LogP contribution in [-0.2, 0) is 9.53 Å². The lowest BCUT2D eigenvalue weighted by Gasteiger charge is -2.16. The number of aliphatic hydroxyl groups is 2. The molecule has 1 fully saturated rings. The molecule has 1 rings (SSSR count). The smallest absolute Gasteiger partial charge is 0.308 e. The molecule has 1 heterocycles. The number of carbonyl (C=O) groups is 1. The van der Waals surface area contributed by atoms with E-state index in [1.165, 1.54) is 64.2 Å². The predicted molar refractivity (Wildman–Crippen MR) is 110 cm³/mol. The fraction of sp³-hybridized carbons (Fsp3) is 0.955. The Labute approximate surface area is 166 Å². The first-order chi connectivity index (χ1) is 13.2. The Kier molecular flexibility index (Phi) is 19.6. The average Bonchev–Trinajstić information content (AvgIpc) is 3.25. The van der Waals surface area contributed by atoms with Crippen molar-refractivity contribution >= 4 is 5.97 Å². The summed E-state index contributed by atoms with van der Waals surface area (Å²) in [5, 5.41) is 27.2. The summed E-state index contributed by atoms with van der Waals surface area (Å²) in [5.41, 5.74) is 0. The van der Waals surface area contributed by atoms with Crippen molar-refractivity contribution in [1.29, 1.82) is 0 Å². The van der Waals surface area contributed by atoms with Gasteiger partial charge in [0.25, 0.3) is 0 Å². The Hall–Kier alpha value is -0.650. The minimum absolute atomic E-state index is 0.120. The molecule has 0 aromatic heterocycles. The zero-order valence-electron chi connectivity index (χ0n) is 17.5. The molecule has 2 unspecified atom stereocenters. The number of carboxylic acids is 1. The van der Waals surface area contributed by atoms with Crippen LogP contribution in [0.2, 0.25) is 0 Å². The zero-order chi connectivity index (χ0) is 20.2. The molecule has 0 radical (unpaired) electrons. The maximum Gasteiger partial charge on any atom is 0.308 e. The van der Waals surface area contributed by atoms with Crippen molar-refractivity contribution < 1.29 is 24.9 Å². The molecule has 3 N–H and O–H groups in total. The van der Waals surface area contributed by atoms with E-state index >= 15 is 0 Å². The van der Waals surface area contributed by atoms with Crippen LogP contribution < -0.4 is 0 Å². The van der Waals surface area contributed by atoms with Gasteiger partial charge in [-0.2, -0.15) is 0 Å². The monoisotopic (exact) mass is 388 g/mol. The van der Waals surface area contributed by atoms with Crippen LogP contribution in [-0.4, -0.2) is 47.7 Å². The van der Waals surface area contributed by atoms with Crippen molar-refractivity contribution in [3.05, 3.63) is 0 Å². The third kappa shape index (κ3) is 17.2. The molecule has 0 amide bonds. The maximum absolute atomic E-state index is 10.8. The van der Waals surface area contributed by atoms with E-state index in [9.17, 15) is 9.90 Å². The number of rotatable bonds is 16. The molecule has 0 saturated carbocycles. The molecule has 0 aliphatic carbocycles. The van der Waals surface area contributed by atoms with Gasteiger partial charge < -0.3 is 20.1 Å². The lowest BCUT2D eigenvalue weighted by atomic mass is 9.92. The number of unbranched alkanes of at least 4 members (excludes halogenated alkanes) is 8. The van der Waals surface area contributed by atoms with E-state index in [0.717, 1.165) is 26.1 Å². The fourth-order valence-electron chi connectivity index (χ4n) is 3.31. The molecule has 5 heteroatoms. The molecule has 1 saturated heterocycles. The van der Waals surface area contributed by atoms with E-state index in [-0.39, 0.29) is 19.1 Å². The number of aliphatic hydroxyl groups excluding tert-OH is 2. The highest BCUT2D eigenvalue weighted by Crippen LogP contribution is 2.19. The van der Waals surface area contributed by atoms with E-state index < -0.39 is 11.9 Å². The highest BCUT2D eigenvalue weighted by atomic mass is 16.5. The standard InChI is InChI=1S/C18H36O4.C4H8O/c1-2-3-4-5-6-7-8-9-10-11-16(14-19)12-13-17(15-20)18(21)22;1-2-4-5-3-1/h16-17,19-20H,2-15H2,1H3,(H,21,22);1-4H2. The summed E-state index contributed by atoms with van der Waals surface area (Å²) >= 11 is 0. The molecular weight excluding hydrogens is 344 g/mol. The maximum atomic E-state index is 10.8. The second-order valence-electron chi connectivity index (χ2n) is 7.78. The number of ether oxygens (including phenoxy) is 1. The molecule has 0 aromatic carbocycles. The quantitative estimate of drug-likeness (QED) is 0.331. The minimum atomic E-state index is -0.942. The van der Waals surface area contributed by atoms with Crippen molar-refractivity contribution in [2.75, 3.05) is 26.4 Å². The Morgan fingerprint density at radius 2 is 1.37 bits per heavy atom. The van der Waals surface area contributed by atoms with Gasteiger partial charge in [0.1, 0.15) is 0 Å². The fourth-order valence-corrected chi connectivity index (χ4v) is 3.31. The van der Waals surface area contributed by atoms with Gasteiger partial charge in [-0.15, -0.1) is 0 Å². The summed E-state index contributed by atoms with van der Waals surface area (Å²) in [6.45, 7) is 4.04. The van der Waals surface area contributed by atoms with Crippen LogP contribution in [0.25, 0.3) is 0 Å². The van der Waals surface area contributed by atoms with Crippen LogP contribution in [0, 0.1) is 11.8 Å². The predicted octanol–water partition coefficient (Wildman–Crippen LogP) is 4.79. The van der Waals surface area contributed by atoms with Crippen molar-refractivity contribution in [1.82, 2.24) is 0 Å². The van der Waals surface area contributed by atoms with E-state index in [1.807, 2.05) is 0 Å². The van der Waals surface area contributed by atoms with Gasteiger partial charge in [0.15, 0.2) is 0 Å². The first kappa shape index (κ1) is 26.4. The van der Waals surface area contributed by atoms with Crippen LogP contribution in [0.3, 0.4) is 0 Å². The topological polar surface area (TPSA) is 87.0 Å². The normalized spacial score (nSPS) is 15.8. The SMILES string of the molecule is C1CCOC1.CCCCCCCCCCCC(CO)CCC(CO)C(=O)O. The molecular formula is C22H44O5. The van der Waals surface area contributed by atoms with Crippen LogP contribution in [0.5, 0.6) is 0 Å². The number of carboxylic acid groups (broad SMARTS) is 1. The van der Waals surface area contributed by atoms with E-state index in [2.05, 4.69) is 6.92 Å². The number of hydrogen-bond acceptors (Lipinski definition) is 4. The molecule has 0 aromatic rings. The Morgan fingerprint density at radius 1 is 0.815 bits per heavy atom. The van der Waals surface area contributed by atoms with E-state index in [0.29, 0.717) is 12.8 Å². The van der Waals surface area contributed by atoms with E-state index in [1.54, 1.807) is 0 Å². The number of hydrogen-bond donors (Lipinski definition) is 3. The molecule has 5 nitrogen and oxygen atoms in total. The summed E-state index contributed by atoms with van der Waals surface area (Å²) in [7, 11) is 0. The molecule has 1 aliphatic rings. The lowest BCUT2D eigenvalue weighted by molar-refractivity contribution is -0.143. The largest absolute Gasteiger partial charge is 0.481 e.